The molecular weight excluding hydrogens is 252 g/mol. The topological polar surface area (TPSA) is 58.2 Å². The highest BCUT2D eigenvalue weighted by Gasteiger charge is 2.13. The van der Waals surface area contributed by atoms with Gasteiger partial charge in [-0.05, 0) is 37.8 Å². The lowest BCUT2D eigenvalue weighted by Gasteiger charge is -2.14. The molecule has 0 atom stereocenters. The van der Waals surface area contributed by atoms with Gasteiger partial charge in [-0.1, -0.05) is 32.0 Å². The molecule has 1 aromatic carbocycles. The molecule has 2 N–H and O–H groups in total. The first-order valence-electron chi connectivity index (χ1n) is 7.17. The van der Waals surface area contributed by atoms with Gasteiger partial charge in [0.2, 0.25) is 11.8 Å². The van der Waals surface area contributed by atoms with Gasteiger partial charge in [0.25, 0.3) is 0 Å². The van der Waals surface area contributed by atoms with Crippen LogP contribution in [0.15, 0.2) is 18.2 Å². The van der Waals surface area contributed by atoms with Crippen LogP contribution in [0.5, 0.6) is 0 Å². The number of para-hydroxylation sites is 1. The Morgan fingerprint density at radius 3 is 2.05 bits per heavy atom. The Morgan fingerprint density at radius 1 is 1.05 bits per heavy atom. The molecule has 1 aromatic rings. The Morgan fingerprint density at radius 2 is 1.60 bits per heavy atom. The van der Waals surface area contributed by atoms with Gasteiger partial charge < -0.3 is 10.6 Å². The van der Waals surface area contributed by atoms with Crippen LogP contribution in [0.2, 0.25) is 0 Å². The fourth-order valence-electron chi connectivity index (χ4n) is 2.11. The first kappa shape index (κ1) is 16.2. The van der Waals surface area contributed by atoms with E-state index in [9.17, 15) is 9.59 Å². The Kier molecular flexibility index (Phi) is 6.22. The molecule has 0 aliphatic rings. The summed E-state index contributed by atoms with van der Waals surface area (Å²) in [4.78, 5) is 23.6. The monoisotopic (exact) mass is 276 g/mol. The van der Waals surface area contributed by atoms with Crippen LogP contribution in [-0.2, 0) is 22.4 Å². The third kappa shape index (κ3) is 4.68. The average Bonchev–Trinajstić information content (AvgIpc) is 2.37. The summed E-state index contributed by atoms with van der Waals surface area (Å²) < 4.78 is 0. The zero-order valence-corrected chi connectivity index (χ0v) is 12.7. The number of carbonyl (C=O) groups excluding carboxylic acids is 2. The minimum atomic E-state index is -0.265. The first-order chi connectivity index (χ1) is 9.47. The Hall–Kier alpha value is -1.84. The van der Waals surface area contributed by atoms with E-state index in [1.54, 1.807) is 0 Å². The highest BCUT2D eigenvalue weighted by Crippen LogP contribution is 2.22. The van der Waals surface area contributed by atoms with Crippen molar-refractivity contribution in [3.05, 3.63) is 29.3 Å². The van der Waals surface area contributed by atoms with E-state index in [4.69, 9.17) is 0 Å². The standard InChI is InChI=1S/C16H24N2O2/c1-5-12-8-7-9-13(6-2)16(12)18-15(20)10-14(19)17-11(3)4/h7-9,11H,5-6,10H2,1-4H3,(H,17,19)(H,18,20). The second-order valence-electron chi connectivity index (χ2n) is 5.11. The summed E-state index contributed by atoms with van der Waals surface area (Å²) in [6.45, 7) is 7.85. The van der Waals surface area contributed by atoms with Crippen molar-refractivity contribution in [3.63, 3.8) is 0 Å². The van der Waals surface area contributed by atoms with Crippen LogP contribution in [0.25, 0.3) is 0 Å². The summed E-state index contributed by atoms with van der Waals surface area (Å²) in [5.41, 5.74) is 3.06. The van der Waals surface area contributed by atoms with Gasteiger partial charge in [-0.25, -0.2) is 0 Å². The molecule has 0 spiro atoms. The van der Waals surface area contributed by atoms with Crippen molar-refractivity contribution in [1.29, 1.82) is 0 Å². The van der Waals surface area contributed by atoms with E-state index in [2.05, 4.69) is 24.5 Å². The summed E-state index contributed by atoms with van der Waals surface area (Å²) in [7, 11) is 0. The lowest BCUT2D eigenvalue weighted by molar-refractivity contribution is -0.127. The minimum Gasteiger partial charge on any atom is -0.353 e. The zero-order chi connectivity index (χ0) is 15.1. The maximum atomic E-state index is 12.0. The van der Waals surface area contributed by atoms with Crippen LogP contribution in [0.4, 0.5) is 5.69 Å². The number of amides is 2. The second kappa shape index (κ2) is 7.68. The Bertz CT molecular complexity index is 459. The van der Waals surface area contributed by atoms with Crippen molar-refractivity contribution in [2.24, 2.45) is 0 Å². The fourth-order valence-corrected chi connectivity index (χ4v) is 2.11. The van der Waals surface area contributed by atoms with Crippen LogP contribution in [-0.4, -0.2) is 17.9 Å². The molecule has 0 aliphatic carbocycles. The molecular formula is C16H24N2O2. The van der Waals surface area contributed by atoms with Crippen molar-refractivity contribution in [3.8, 4) is 0 Å². The lowest BCUT2D eigenvalue weighted by Crippen LogP contribution is -2.33. The number of aryl methyl sites for hydroxylation is 2. The molecule has 0 unspecified atom stereocenters. The summed E-state index contributed by atoms with van der Waals surface area (Å²) in [6, 6.07) is 6.05. The lowest BCUT2D eigenvalue weighted by atomic mass is 10.0. The van der Waals surface area contributed by atoms with E-state index in [-0.39, 0.29) is 24.3 Å². The number of hydrogen-bond donors (Lipinski definition) is 2. The van der Waals surface area contributed by atoms with Crippen LogP contribution in [0.1, 0.15) is 45.2 Å². The van der Waals surface area contributed by atoms with Crippen molar-refractivity contribution < 1.29 is 9.59 Å². The number of benzene rings is 1. The van der Waals surface area contributed by atoms with Gasteiger partial charge in [-0.15, -0.1) is 0 Å². The molecule has 1 rings (SSSR count). The SMILES string of the molecule is CCc1cccc(CC)c1NC(=O)CC(=O)NC(C)C. The third-order valence-corrected chi connectivity index (χ3v) is 3.03. The quantitative estimate of drug-likeness (QED) is 0.785. The molecule has 0 fully saturated rings. The second-order valence-corrected chi connectivity index (χ2v) is 5.11. The largest absolute Gasteiger partial charge is 0.353 e. The van der Waals surface area contributed by atoms with Gasteiger partial charge in [0.15, 0.2) is 0 Å². The number of rotatable bonds is 6. The molecule has 110 valence electrons. The van der Waals surface area contributed by atoms with E-state index in [1.165, 1.54) is 0 Å². The molecule has 0 heterocycles. The van der Waals surface area contributed by atoms with Crippen molar-refractivity contribution in [2.45, 2.75) is 53.0 Å². The van der Waals surface area contributed by atoms with Crippen molar-refractivity contribution >= 4 is 17.5 Å². The molecule has 4 nitrogen and oxygen atoms in total. The predicted molar refractivity (Wildman–Crippen MR) is 81.7 cm³/mol. The van der Waals surface area contributed by atoms with Gasteiger partial charge in [0.05, 0.1) is 0 Å². The number of carbonyl (C=O) groups is 2. The normalized spacial score (nSPS) is 10.4. The highest BCUT2D eigenvalue weighted by molar-refractivity contribution is 6.04. The maximum Gasteiger partial charge on any atom is 0.233 e. The van der Waals surface area contributed by atoms with Crippen LogP contribution in [0, 0.1) is 0 Å². The van der Waals surface area contributed by atoms with Gasteiger partial charge >= 0.3 is 0 Å². The van der Waals surface area contributed by atoms with Crippen molar-refractivity contribution in [2.75, 3.05) is 5.32 Å². The van der Waals surface area contributed by atoms with E-state index < -0.39 is 0 Å². The number of nitrogens with one attached hydrogen (secondary N) is 2. The van der Waals surface area contributed by atoms with Crippen molar-refractivity contribution in [1.82, 2.24) is 5.32 Å². The third-order valence-electron chi connectivity index (χ3n) is 3.03. The molecule has 20 heavy (non-hydrogen) atoms. The van der Waals surface area contributed by atoms with Gasteiger partial charge in [0, 0.05) is 11.7 Å². The van der Waals surface area contributed by atoms with E-state index >= 15 is 0 Å². The molecule has 0 radical (unpaired) electrons. The van der Waals surface area contributed by atoms with E-state index in [1.807, 2.05) is 32.0 Å². The molecule has 4 heteroatoms. The van der Waals surface area contributed by atoms with E-state index in [0.717, 1.165) is 29.7 Å². The molecule has 0 aliphatic heterocycles. The zero-order valence-electron chi connectivity index (χ0n) is 12.7. The minimum absolute atomic E-state index is 0.0458. The average molecular weight is 276 g/mol. The Labute approximate surface area is 121 Å². The number of hydrogen-bond acceptors (Lipinski definition) is 2. The highest BCUT2D eigenvalue weighted by atomic mass is 16.2. The summed E-state index contributed by atoms with van der Waals surface area (Å²) >= 11 is 0. The Balaban J connectivity index is 2.77. The van der Waals surface area contributed by atoms with Gasteiger partial charge in [-0.3, -0.25) is 9.59 Å². The van der Waals surface area contributed by atoms with Crippen LogP contribution in [0.3, 0.4) is 0 Å². The molecule has 0 saturated heterocycles. The van der Waals surface area contributed by atoms with E-state index in [0.29, 0.717) is 0 Å². The fraction of sp³-hybridized carbons (Fsp3) is 0.500. The maximum absolute atomic E-state index is 12.0. The molecule has 0 aromatic heterocycles. The van der Waals surface area contributed by atoms with Crippen LogP contribution < -0.4 is 10.6 Å². The van der Waals surface area contributed by atoms with Gasteiger partial charge in [0.1, 0.15) is 6.42 Å². The van der Waals surface area contributed by atoms with Gasteiger partial charge in [-0.2, -0.15) is 0 Å². The summed E-state index contributed by atoms with van der Waals surface area (Å²) in [5, 5.41) is 5.60. The smallest absolute Gasteiger partial charge is 0.233 e. The molecule has 2 amide bonds. The van der Waals surface area contributed by atoms with Crippen LogP contribution >= 0.6 is 0 Å². The summed E-state index contributed by atoms with van der Waals surface area (Å²) in [6.07, 6.45) is 1.56. The predicted octanol–water partition coefficient (Wildman–Crippen LogP) is 2.66. The molecule has 0 bridgehead atoms. The molecule has 0 saturated carbocycles. The summed E-state index contributed by atoms with van der Waals surface area (Å²) in [5.74, 6) is -0.511. The first-order valence-corrected chi connectivity index (χ1v) is 7.17. The number of anilines is 1.